The zero-order valence-electron chi connectivity index (χ0n) is 14.5. The van der Waals surface area contributed by atoms with Crippen LogP contribution in [0.1, 0.15) is 41.5 Å². The number of carboxylic acid groups (broad SMARTS) is 1. The maximum absolute atomic E-state index is 13.1. The number of nitrogens with one attached hydrogen (secondary N) is 1. The number of halogens is 4. The highest BCUT2D eigenvalue weighted by Gasteiger charge is 2.45. The van der Waals surface area contributed by atoms with E-state index in [-0.39, 0.29) is 5.92 Å². The van der Waals surface area contributed by atoms with Gasteiger partial charge in [0, 0.05) is 5.92 Å². The van der Waals surface area contributed by atoms with Crippen LogP contribution in [-0.4, -0.2) is 17.0 Å². The van der Waals surface area contributed by atoms with Gasteiger partial charge < -0.3 is 10.4 Å². The third-order valence-corrected chi connectivity index (χ3v) is 4.74. The lowest BCUT2D eigenvalue weighted by atomic mass is 10.0. The SMILES string of the molecule is O=C(O)CC(NC(=O)C1CC1c1cccc(C(F)(F)F)c1)c1ccc(F)cc1. The van der Waals surface area contributed by atoms with Crippen molar-refractivity contribution in [1.82, 2.24) is 5.32 Å². The van der Waals surface area contributed by atoms with Gasteiger partial charge in [-0.2, -0.15) is 13.2 Å². The lowest BCUT2D eigenvalue weighted by Gasteiger charge is -2.17. The predicted octanol–water partition coefficient (Wildman–Crippen LogP) is 4.28. The van der Waals surface area contributed by atoms with Gasteiger partial charge in [0.15, 0.2) is 0 Å². The van der Waals surface area contributed by atoms with E-state index in [0.717, 1.165) is 12.1 Å². The first-order valence-corrected chi connectivity index (χ1v) is 8.60. The molecule has 0 bridgehead atoms. The highest BCUT2D eigenvalue weighted by Crippen LogP contribution is 2.48. The summed E-state index contributed by atoms with van der Waals surface area (Å²) in [6.45, 7) is 0. The Balaban J connectivity index is 1.70. The second kappa shape index (κ2) is 7.61. The number of carboxylic acids is 1. The summed E-state index contributed by atoms with van der Waals surface area (Å²) < 4.78 is 51.7. The molecule has 1 fully saturated rings. The van der Waals surface area contributed by atoms with Crippen LogP contribution < -0.4 is 5.32 Å². The zero-order chi connectivity index (χ0) is 20.5. The van der Waals surface area contributed by atoms with Gasteiger partial charge in [-0.3, -0.25) is 9.59 Å². The Morgan fingerprint density at radius 3 is 2.43 bits per heavy atom. The number of carbonyl (C=O) groups excluding carboxylic acids is 1. The monoisotopic (exact) mass is 395 g/mol. The zero-order valence-corrected chi connectivity index (χ0v) is 14.5. The van der Waals surface area contributed by atoms with Crippen LogP contribution in [0.2, 0.25) is 0 Å². The molecular weight excluding hydrogens is 378 g/mol. The molecule has 2 aromatic rings. The first-order chi connectivity index (χ1) is 13.1. The molecule has 1 amide bonds. The number of benzene rings is 2. The van der Waals surface area contributed by atoms with Gasteiger partial charge in [0.1, 0.15) is 5.82 Å². The minimum Gasteiger partial charge on any atom is -0.481 e. The van der Waals surface area contributed by atoms with E-state index >= 15 is 0 Å². The van der Waals surface area contributed by atoms with Crippen molar-refractivity contribution in [3.63, 3.8) is 0 Å². The first-order valence-electron chi connectivity index (χ1n) is 8.60. The maximum Gasteiger partial charge on any atom is 0.416 e. The Labute approximate surface area is 158 Å². The van der Waals surface area contributed by atoms with Crippen LogP contribution >= 0.6 is 0 Å². The third-order valence-electron chi connectivity index (χ3n) is 4.74. The number of carbonyl (C=O) groups is 2. The van der Waals surface area contributed by atoms with Crippen molar-refractivity contribution in [3.8, 4) is 0 Å². The van der Waals surface area contributed by atoms with Crippen molar-refractivity contribution in [3.05, 3.63) is 71.0 Å². The Kier molecular flexibility index (Phi) is 5.40. The van der Waals surface area contributed by atoms with Crippen molar-refractivity contribution >= 4 is 11.9 Å². The van der Waals surface area contributed by atoms with Gasteiger partial charge in [-0.25, -0.2) is 4.39 Å². The van der Waals surface area contributed by atoms with E-state index in [4.69, 9.17) is 5.11 Å². The number of hydrogen-bond donors (Lipinski definition) is 2. The second-order valence-electron chi connectivity index (χ2n) is 6.78. The van der Waals surface area contributed by atoms with Crippen molar-refractivity contribution in [2.75, 3.05) is 0 Å². The topological polar surface area (TPSA) is 66.4 Å². The summed E-state index contributed by atoms with van der Waals surface area (Å²) in [5, 5.41) is 11.7. The summed E-state index contributed by atoms with van der Waals surface area (Å²) in [6, 6.07) is 9.11. The normalized spacial score (nSPS) is 19.7. The minimum atomic E-state index is -4.46. The molecule has 0 spiro atoms. The molecule has 3 unspecified atom stereocenters. The summed E-state index contributed by atoms with van der Waals surface area (Å²) in [5.41, 5.74) is 0.0890. The maximum atomic E-state index is 13.1. The highest BCUT2D eigenvalue weighted by atomic mass is 19.4. The van der Waals surface area contributed by atoms with Crippen LogP contribution in [0.15, 0.2) is 48.5 Å². The molecule has 0 radical (unpaired) electrons. The van der Waals surface area contributed by atoms with Gasteiger partial charge in [-0.05, 0) is 41.7 Å². The predicted molar refractivity (Wildman–Crippen MR) is 91.8 cm³/mol. The Morgan fingerprint density at radius 2 is 1.82 bits per heavy atom. The molecule has 2 aromatic carbocycles. The fraction of sp³-hybridized carbons (Fsp3) is 0.300. The van der Waals surface area contributed by atoms with Crippen LogP contribution in [0.4, 0.5) is 17.6 Å². The van der Waals surface area contributed by atoms with Crippen LogP contribution in [0.5, 0.6) is 0 Å². The summed E-state index contributed by atoms with van der Waals surface area (Å²) in [6.07, 6.45) is -4.47. The molecule has 0 saturated heterocycles. The van der Waals surface area contributed by atoms with Gasteiger partial charge in [0.2, 0.25) is 5.91 Å². The van der Waals surface area contributed by atoms with E-state index in [0.29, 0.717) is 17.5 Å². The Morgan fingerprint density at radius 1 is 1.14 bits per heavy atom. The van der Waals surface area contributed by atoms with E-state index in [1.807, 2.05) is 0 Å². The lowest BCUT2D eigenvalue weighted by Crippen LogP contribution is -2.31. The molecule has 148 valence electrons. The summed E-state index contributed by atoms with van der Waals surface area (Å²) in [4.78, 5) is 23.6. The fourth-order valence-corrected chi connectivity index (χ4v) is 3.20. The number of amides is 1. The summed E-state index contributed by atoms with van der Waals surface area (Å²) in [5.74, 6) is -2.94. The van der Waals surface area contributed by atoms with Crippen LogP contribution in [0.3, 0.4) is 0 Å². The number of hydrogen-bond acceptors (Lipinski definition) is 2. The second-order valence-corrected chi connectivity index (χ2v) is 6.78. The molecule has 1 aliphatic rings. The molecule has 3 atom stereocenters. The fourth-order valence-electron chi connectivity index (χ4n) is 3.20. The molecule has 8 heteroatoms. The van der Waals surface area contributed by atoms with Gasteiger partial charge in [0.25, 0.3) is 0 Å². The average Bonchev–Trinajstić information content (AvgIpc) is 3.42. The minimum absolute atomic E-state index is 0.346. The van der Waals surface area contributed by atoms with E-state index in [1.165, 1.54) is 30.3 Å². The molecule has 4 nitrogen and oxygen atoms in total. The molecule has 3 rings (SSSR count). The van der Waals surface area contributed by atoms with Gasteiger partial charge in [0.05, 0.1) is 18.0 Å². The number of aliphatic carboxylic acids is 1. The number of rotatable bonds is 6. The highest BCUT2D eigenvalue weighted by molar-refractivity contribution is 5.84. The van der Waals surface area contributed by atoms with Crippen molar-refractivity contribution in [1.29, 1.82) is 0 Å². The molecule has 0 aliphatic heterocycles. The van der Waals surface area contributed by atoms with E-state index in [9.17, 15) is 27.2 Å². The van der Waals surface area contributed by atoms with Crippen molar-refractivity contribution < 1.29 is 32.3 Å². The van der Waals surface area contributed by atoms with Crippen molar-refractivity contribution in [2.45, 2.75) is 31.0 Å². The quantitative estimate of drug-likeness (QED) is 0.718. The van der Waals surface area contributed by atoms with E-state index in [2.05, 4.69) is 5.32 Å². The van der Waals surface area contributed by atoms with Gasteiger partial charge in [-0.15, -0.1) is 0 Å². The molecule has 2 N–H and O–H groups in total. The van der Waals surface area contributed by atoms with Crippen LogP contribution in [0, 0.1) is 11.7 Å². The van der Waals surface area contributed by atoms with Crippen LogP contribution in [-0.2, 0) is 15.8 Å². The molecule has 28 heavy (non-hydrogen) atoms. The summed E-state index contributed by atoms with van der Waals surface area (Å²) >= 11 is 0. The molecule has 0 heterocycles. The standard InChI is InChI=1S/C20H17F4NO3/c21-14-6-4-11(5-7-14)17(10-18(26)27)25-19(28)16-9-15(16)12-2-1-3-13(8-12)20(22,23)24/h1-8,15-17H,9-10H2,(H,25,28)(H,26,27). The number of alkyl halides is 3. The summed E-state index contributed by atoms with van der Waals surface area (Å²) in [7, 11) is 0. The third kappa shape index (κ3) is 4.68. The molecule has 1 aliphatic carbocycles. The van der Waals surface area contributed by atoms with Crippen molar-refractivity contribution in [2.24, 2.45) is 5.92 Å². The van der Waals surface area contributed by atoms with Crippen LogP contribution in [0.25, 0.3) is 0 Å². The average molecular weight is 395 g/mol. The molecular formula is C20H17F4NO3. The molecule has 0 aromatic heterocycles. The largest absolute Gasteiger partial charge is 0.481 e. The Bertz CT molecular complexity index is 880. The first kappa shape index (κ1) is 19.9. The van der Waals surface area contributed by atoms with E-state index in [1.54, 1.807) is 6.07 Å². The van der Waals surface area contributed by atoms with E-state index < -0.39 is 47.8 Å². The van der Waals surface area contributed by atoms with Gasteiger partial charge >= 0.3 is 12.1 Å². The smallest absolute Gasteiger partial charge is 0.416 e. The lowest BCUT2D eigenvalue weighted by molar-refractivity contribution is -0.138. The molecule has 1 saturated carbocycles. The Hall–Kier alpha value is -2.90. The van der Waals surface area contributed by atoms with Gasteiger partial charge in [-0.1, -0.05) is 30.3 Å².